The van der Waals surface area contributed by atoms with Crippen molar-refractivity contribution >= 4 is 47.4 Å². The Kier molecular flexibility index (Phi) is 5.79. The van der Waals surface area contributed by atoms with Gasteiger partial charge in [0.15, 0.2) is 9.84 Å². The van der Waals surface area contributed by atoms with Gasteiger partial charge in [0.1, 0.15) is 0 Å². The monoisotopic (exact) mass is 461 g/mol. The topological polar surface area (TPSA) is 97.8 Å². The number of sulfone groups is 1. The smallest absolute Gasteiger partial charge is 0.339 e. The van der Waals surface area contributed by atoms with E-state index in [1.165, 1.54) is 56.6 Å². The maximum Gasteiger partial charge on any atom is 0.339 e. The molecule has 2 aromatic carbocycles. The highest BCUT2D eigenvalue weighted by Crippen LogP contribution is 2.27. The Balaban J connectivity index is 2.45. The fourth-order valence-corrected chi connectivity index (χ4v) is 4.39. The third kappa shape index (κ3) is 4.08. The molecule has 0 amide bonds. The minimum atomic E-state index is -3.97. The molecule has 10 heteroatoms. The van der Waals surface area contributed by atoms with Crippen LogP contribution in [0.4, 0.5) is 5.69 Å². The molecule has 0 aromatic heterocycles. The number of hydrogen-bond donors (Lipinski definition) is 0. The Labute approximate surface area is 160 Å². The van der Waals surface area contributed by atoms with Gasteiger partial charge in [-0.3, -0.25) is 4.31 Å². The number of hydrogen-bond acceptors (Lipinski definition) is 6. The van der Waals surface area contributed by atoms with Gasteiger partial charge in [-0.25, -0.2) is 21.6 Å². The molecule has 2 aromatic rings. The van der Waals surface area contributed by atoms with Crippen molar-refractivity contribution in [3.8, 4) is 0 Å². The summed E-state index contributed by atoms with van der Waals surface area (Å²) < 4.78 is 54.7. The van der Waals surface area contributed by atoms with Crippen LogP contribution in [0.2, 0.25) is 0 Å². The predicted octanol–water partition coefficient (Wildman–Crippen LogP) is 2.46. The second-order valence-corrected chi connectivity index (χ2v) is 10.2. The molecule has 0 spiro atoms. The Morgan fingerprint density at radius 1 is 1.00 bits per heavy atom. The summed E-state index contributed by atoms with van der Waals surface area (Å²) in [6, 6.07) is 9.47. The largest absolute Gasteiger partial charge is 0.465 e. The molecule has 2 rings (SSSR count). The number of anilines is 1. The second-order valence-electron chi connectivity index (χ2n) is 5.37. The summed E-state index contributed by atoms with van der Waals surface area (Å²) in [6.45, 7) is 0. The lowest BCUT2D eigenvalue weighted by molar-refractivity contribution is 0.0599. The van der Waals surface area contributed by atoms with Crippen molar-refractivity contribution in [1.29, 1.82) is 0 Å². The highest BCUT2D eigenvalue weighted by molar-refractivity contribution is 9.10. The Hall–Kier alpha value is -1.91. The first-order valence-corrected chi connectivity index (χ1v) is 11.3. The van der Waals surface area contributed by atoms with E-state index in [2.05, 4.69) is 20.7 Å². The first kappa shape index (κ1) is 20.4. The third-order valence-corrected chi connectivity index (χ3v) is 7.23. The van der Waals surface area contributed by atoms with Crippen LogP contribution < -0.4 is 4.31 Å². The Morgan fingerprint density at radius 3 is 2.04 bits per heavy atom. The minimum absolute atomic E-state index is 0.0781. The van der Waals surface area contributed by atoms with Gasteiger partial charge in [-0.1, -0.05) is 0 Å². The van der Waals surface area contributed by atoms with Gasteiger partial charge >= 0.3 is 5.97 Å². The molecule has 140 valence electrons. The van der Waals surface area contributed by atoms with E-state index in [0.717, 1.165) is 10.6 Å². The van der Waals surface area contributed by atoms with E-state index in [4.69, 9.17) is 0 Å². The molecule has 0 aliphatic heterocycles. The number of esters is 1. The number of carbonyl (C=O) groups is 1. The summed E-state index contributed by atoms with van der Waals surface area (Å²) in [7, 11) is -4.81. The molecule has 0 heterocycles. The second kappa shape index (κ2) is 7.37. The van der Waals surface area contributed by atoms with Gasteiger partial charge in [0.05, 0.1) is 28.2 Å². The van der Waals surface area contributed by atoms with Crippen LogP contribution in [0.1, 0.15) is 10.4 Å². The molecule has 0 saturated heterocycles. The molecule has 0 N–H and O–H groups in total. The molecule has 0 bridgehead atoms. The van der Waals surface area contributed by atoms with Gasteiger partial charge in [0.2, 0.25) is 0 Å². The number of rotatable bonds is 5. The van der Waals surface area contributed by atoms with E-state index in [1.54, 1.807) is 0 Å². The summed E-state index contributed by atoms with van der Waals surface area (Å²) in [5, 5.41) is 0. The van der Waals surface area contributed by atoms with E-state index in [-0.39, 0.29) is 21.0 Å². The van der Waals surface area contributed by atoms with Crippen LogP contribution in [0.15, 0.2) is 56.7 Å². The molecular formula is C16H16BrNO6S2. The van der Waals surface area contributed by atoms with E-state index >= 15 is 0 Å². The molecule has 0 aliphatic rings. The van der Waals surface area contributed by atoms with Crippen molar-refractivity contribution in [2.45, 2.75) is 9.79 Å². The van der Waals surface area contributed by atoms with Crippen LogP contribution in [0.5, 0.6) is 0 Å². The molecule has 0 saturated carbocycles. The molecular weight excluding hydrogens is 446 g/mol. The molecule has 26 heavy (non-hydrogen) atoms. The van der Waals surface area contributed by atoms with Crippen LogP contribution >= 0.6 is 15.9 Å². The average molecular weight is 462 g/mol. The van der Waals surface area contributed by atoms with Gasteiger partial charge in [-0.2, -0.15) is 0 Å². The van der Waals surface area contributed by atoms with Crippen molar-refractivity contribution in [2.24, 2.45) is 0 Å². The highest BCUT2D eigenvalue weighted by Gasteiger charge is 2.24. The summed E-state index contributed by atoms with van der Waals surface area (Å²) in [5.74, 6) is -0.672. The lowest BCUT2D eigenvalue weighted by Crippen LogP contribution is -2.26. The molecule has 7 nitrogen and oxygen atoms in total. The van der Waals surface area contributed by atoms with Crippen LogP contribution in [-0.4, -0.2) is 43.2 Å². The third-order valence-electron chi connectivity index (χ3n) is 3.63. The molecule has 0 aliphatic carbocycles. The predicted molar refractivity (Wildman–Crippen MR) is 101 cm³/mol. The number of nitrogens with zero attached hydrogens (tertiary/aromatic N) is 1. The van der Waals surface area contributed by atoms with E-state index in [1.807, 2.05) is 0 Å². The lowest BCUT2D eigenvalue weighted by Gasteiger charge is -2.20. The van der Waals surface area contributed by atoms with Crippen molar-refractivity contribution in [3.05, 3.63) is 52.5 Å². The lowest BCUT2D eigenvalue weighted by atomic mass is 10.2. The van der Waals surface area contributed by atoms with E-state index in [9.17, 15) is 21.6 Å². The van der Waals surface area contributed by atoms with Crippen molar-refractivity contribution in [2.75, 3.05) is 24.7 Å². The Bertz CT molecular complexity index is 1050. The zero-order valence-corrected chi connectivity index (χ0v) is 17.4. The number of sulfonamides is 1. The van der Waals surface area contributed by atoms with Crippen LogP contribution in [-0.2, 0) is 24.6 Å². The maximum absolute atomic E-state index is 12.8. The number of carbonyl (C=O) groups excluding carboxylic acids is 1. The molecule has 0 unspecified atom stereocenters. The van der Waals surface area contributed by atoms with Gasteiger partial charge < -0.3 is 4.74 Å². The highest BCUT2D eigenvalue weighted by atomic mass is 79.9. The van der Waals surface area contributed by atoms with Gasteiger partial charge in [-0.15, -0.1) is 0 Å². The van der Waals surface area contributed by atoms with Crippen LogP contribution in [0, 0.1) is 0 Å². The van der Waals surface area contributed by atoms with E-state index < -0.39 is 25.8 Å². The first-order chi connectivity index (χ1) is 12.0. The van der Waals surface area contributed by atoms with Gasteiger partial charge in [0.25, 0.3) is 10.0 Å². The van der Waals surface area contributed by atoms with Gasteiger partial charge in [0, 0.05) is 17.8 Å². The summed E-state index contributed by atoms with van der Waals surface area (Å²) in [5.41, 5.74) is 0.356. The summed E-state index contributed by atoms with van der Waals surface area (Å²) in [4.78, 5) is 11.8. The maximum atomic E-state index is 12.8. The number of ether oxygens (including phenoxy) is 1. The number of halogens is 1. The molecule has 0 radical (unpaired) electrons. The van der Waals surface area contributed by atoms with E-state index in [0.29, 0.717) is 4.47 Å². The quantitative estimate of drug-likeness (QED) is 0.634. The minimum Gasteiger partial charge on any atom is -0.465 e. The van der Waals surface area contributed by atoms with Crippen molar-refractivity contribution in [1.82, 2.24) is 0 Å². The summed E-state index contributed by atoms with van der Waals surface area (Å²) in [6.07, 6.45) is 1.07. The first-order valence-electron chi connectivity index (χ1n) is 7.15. The van der Waals surface area contributed by atoms with Crippen molar-refractivity contribution in [3.63, 3.8) is 0 Å². The fraction of sp³-hybridized carbons (Fsp3) is 0.188. The zero-order chi connectivity index (χ0) is 19.7. The number of methoxy groups -OCH3 is 1. The number of benzene rings is 2. The standard InChI is InChI=1S/C16H16BrNO6S2/c1-18(11-4-6-12(7-5-11)25(3,20)21)26(22,23)13-8-9-15(17)14(10-13)16(19)24-2/h4-10H,1-3H3. The Morgan fingerprint density at radius 2 is 1.54 bits per heavy atom. The summed E-state index contributed by atoms with van der Waals surface area (Å²) >= 11 is 3.18. The SMILES string of the molecule is COC(=O)c1cc(S(=O)(=O)N(C)c2ccc(S(C)(=O)=O)cc2)ccc1Br. The van der Waals surface area contributed by atoms with Crippen molar-refractivity contribution < 1.29 is 26.4 Å². The normalized spacial score (nSPS) is 11.8. The average Bonchev–Trinajstić information content (AvgIpc) is 2.60. The molecule has 0 atom stereocenters. The van der Waals surface area contributed by atoms with Gasteiger partial charge in [-0.05, 0) is 58.4 Å². The fourth-order valence-electron chi connectivity index (χ4n) is 2.13. The zero-order valence-electron chi connectivity index (χ0n) is 14.1. The van der Waals surface area contributed by atoms with Crippen LogP contribution in [0.3, 0.4) is 0 Å². The molecule has 0 fully saturated rings. The van der Waals surface area contributed by atoms with Crippen LogP contribution in [0.25, 0.3) is 0 Å².